The standard InChI is InChI=1S/C46H53N3O/c1-43(2,3)30-46(10,11)36-23-27-41-39(28-36)47-42(50-41)33-17-25-38(26-18-33)49-40(32-15-21-35(22-16-32)45(7,8)9)29-37(48-49)24-14-31-12-19-34(20-13-31)44(4,5)6/h12-29H,30H2,1-11H3. The Bertz CT molecular complexity index is 2120. The van der Waals surface area contributed by atoms with E-state index in [1.807, 2.05) is 4.68 Å². The van der Waals surface area contributed by atoms with Crippen molar-refractivity contribution >= 4 is 23.3 Å². The number of benzene rings is 4. The van der Waals surface area contributed by atoms with Crippen LogP contribution in [0.5, 0.6) is 0 Å². The molecule has 4 heteroatoms. The Labute approximate surface area is 299 Å². The number of hydrogen-bond donors (Lipinski definition) is 0. The zero-order chi connectivity index (χ0) is 36.1. The highest BCUT2D eigenvalue weighted by molar-refractivity contribution is 5.78. The number of oxazole rings is 1. The molecule has 0 aliphatic heterocycles. The minimum atomic E-state index is 0.0344. The van der Waals surface area contributed by atoms with Crippen LogP contribution in [0.1, 0.15) is 111 Å². The number of rotatable bonds is 7. The predicted molar refractivity (Wildman–Crippen MR) is 212 cm³/mol. The van der Waals surface area contributed by atoms with Crippen LogP contribution in [-0.4, -0.2) is 14.8 Å². The van der Waals surface area contributed by atoms with Crippen LogP contribution in [-0.2, 0) is 16.2 Å². The molecule has 0 aliphatic carbocycles. The van der Waals surface area contributed by atoms with Gasteiger partial charge in [0.05, 0.1) is 17.1 Å². The van der Waals surface area contributed by atoms with Crippen molar-refractivity contribution in [3.05, 3.63) is 125 Å². The number of aromatic nitrogens is 3. The van der Waals surface area contributed by atoms with E-state index in [4.69, 9.17) is 14.5 Å². The van der Waals surface area contributed by atoms with E-state index in [0.717, 1.165) is 51.3 Å². The molecule has 0 spiro atoms. The Morgan fingerprint density at radius 1 is 0.600 bits per heavy atom. The largest absolute Gasteiger partial charge is 0.436 e. The third-order valence-electron chi connectivity index (χ3n) is 9.50. The third-order valence-corrected chi connectivity index (χ3v) is 9.50. The second-order valence-corrected chi connectivity index (χ2v) is 17.8. The summed E-state index contributed by atoms with van der Waals surface area (Å²) in [5.74, 6) is 0.622. The molecule has 4 nitrogen and oxygen atoms in total. The molecule has 50 heavy (non-hydrogen) atoms. The maximum Gasteiger partial charge on any atom is 0.227 e. The van der Waals surface area contributed by atoms with Gasteiger partial charge in [0.2, 0.25) is 5.89 Å². The molecule has 0 unspecified atom stereocenters. The highest BCUT2D eigenvalue weighted by Gasteiger charge is 2.28. The van der Waals surface area contributed by atoms with Gasteiger partial charge in [0, 0.05) is 11.1 Å². The molecular formula is C46H53N3O. The fourth-order valence-corrected chi connectivity index (χ4v) is 6.95. The summed E-state index contributed by atoms with van der Waals surface area (Å²) in [5, 5.41) is 5.09. The van der Waals surface area contributed by atoms with E-state index in [0.29, 0.717) is 5.89 Å². The second kappa shape index (κ2) is 12.9. The first kappa shape index (κ1) is 35.1. The highest BCUT2D eigenvalue weighted by Crippen LogP contribution is 2.38. The van der Waals surface area contributed by atoms with Gasteiger partial charge < -0.3 is 4.42 Å². The molecule has 0 radical (unpaired) electrons. The van der Waals surface area contributed by atoms with Gasteiger partial charge in [-0.25, -0.2) is 9.67 Å². The van der Waals surface area contributed by atoms with Gasteiger partial charge in [-0.05, 0) is 98.9 Å². The Morgan fingerprint density at radius 2 is 1.16 bits per heavy atom. The lowest BCUT2D eigenvalue weighted by Crippen LogP contribution is -2.24. The minimum Gasteiger partial charge on any atom is -0.436 e. The van der Waals surface area contributed by atoms with Gasteiger partial charge in [0.15, 0.2) is 5.58 Å². The minimum absolute atomic E-state index is 0.0344. The Hall–Kier alpha value is -4.70. The predicted octanol–water partition coefficient (Wildman–Crippen LogP) is 12.8. The second-order valence-electron chi connectivity index (χ2n) is 17.8. The van der Waals surface area contributed by atoms with E-state index in [9.17, 15) is 0 Å². The van der Waals surface area contributed by atoms with E-state index >= 15 is 0 Å². The van der Waals surface area contributed by atoms with Crippen molar-refractivity contribution in [2.45, 2.75) is 98.8 Å². The van der Waals surface area contributed by atoms with E-state index in [-0.39, 0.29) is 21.7 Å². The van der Waals surface area contributed by atoms with Crippen LogP contribution in [0, 0.1) is 5.41 Å². The summed E-state index contributed by atoms with van der Waals surface area (Å²) < 4.78 is 8.30. The average molecular weight is 664 g/mol. The maximum absolute atomic E-state index is 6.26. The first-order valence-electron chi connectivity index (χ1n) is 17.9. The van der Waals surface area contributed by atoms with Crippen LogP contribution < -0.4 is 0 Å². The van der Waals surface area contributed by atoms with E-state index < -0.39 is 0 Å². The van der Waals surface area contributed by atoms with E-state index in [1.54, 1.807) is 0 Å². The zero-order valence-corrected chi connectivity index (χ0v) is 31.8. The Balaban J connectivity index is 1.32. The van der Waals surface area contributed by atoms with Gasteiger partial charge in [0.1, 0.15) is 5.52 Å². The highest BCUT2D eigenvalue weighted by atomic mass is 16.3. The number of fused-ring (bicyclic) bond motifs is 1. The molecule has 0 N–H and O–H groups in total. The van der Waals surface area contributed by atoms with Crippen LogP contribution >= 0.6 is 0 Å². The molecule has 0 saturated carbocycles. The molecule has 0 aliphatic rings. The molecule has 0 atom stereocenters. The molecule has 0 bridgehead atoms. The number of nitrogens with zero attached hydrogens (tertiary/aromatic N) is 3. The summed E-state index contributed by atoms with van der Waals surface area (Å²) in [6, 6.07) is 34.6. The van der Waals surface area contributed by atoms with Crippen molar-refractivity contribution in [3.8, 4) is 28.4 Å². The lowest BCUT2D eigenvalue weighted by molar-refractivity contribution is 0.284. The van der Waals surface area contributed by atoms with Crippen molar-refractivity contribution < 1.29 is 4.42 Å². The first-order chi connectivity index (χ1) is 23.4. The van der Waals surface area contributed by atoms with Gasteiger partial charge in [-0.1, -0.05) is 137 Å². The topological polar surface area (TPSA) is 43.9 Å². The monoisotopic (exact) mass is 663 g/mol. The lowest BCUT2D eigenvalue weighted by Gasteiger charge is -2.32. The molecular weight excluding hydrogens is 611 g/mol. The molecule has 6 aromatic rings. The van der Waals surface area contributed by atoms with Crippen molar-refractivity contribution in [2.75, 3.05) is 0 Å². The van der Waals surface area contributed by atoms with Gasteiger partial charge in [-0.15, -0.1) is 0 Å². The molecule has 0 saturated heterocycles. The van der Waals surface area contributed by atoms with E-state index in [2.05, 4.69) is 185 Å². The number of hydrogen-bond acceptors (Lipinski definition) is 3. The zero-order valence-electron chi connectivity index (χ0n) is 31.8. The quantitative estimate of drug-likeness (QED) is 0.171. The summed E-state index contributed by atoms with van der Waals surface area (Å²) >= 11 is 0. The van der Waals surface area contributed by atoms with Crippen molar-refractivity contribution in [2.24, 2.45) is 5.41 Å². The van der Waals surface area contributed by atoms with Crippen molar-refractivity contribution in [1.82, 2.24) is 14.8 Å². The fourth-order valence-electron chi connectivity index (χ4n) is 6.95. The summed E-state index contributed by atoms with van der Waals surface area (Å²) in [6.45, 7) is 25.0. The molecule has 2 aromatic heterocycles. The van der Waals surface area contributed by atoms with Gasteiger partial charge in [0.25, 0.3) is 0 Å². The fraction of sp³-hybridized carbons (Fsp3) is 0.348. The van der Waals surface area contributed by atoms with Crippen LogP contribution in [0.4, 0.5) is 0 Å². The molecule has 4 aromatic carbocycles. The van der Waals surface area contributed by atoms with Crippen LogP contribution in [0.3, 0.4) is 0 Å². The molecule has 0 amide bonds. The molecule has 258 valence electrons. The Kier molecular flexibility index (Phi) is 9.05. The van der Waals surface area contributed by atoms with Gasteiger partial charge in [-0.2, -0.15) is 5.10 Å². The molecule has 6 rings (SSSR count). The van der Waals surface area contributed by atoms with Crippen LogP contribution in [0.2, 0.25) is 0 Å². The van der Waals surface area contributed by atoms with Crippen molar-refractivity contribution in [1.29, 1.82) is 0 Å². The molecule has 2 heterocycles. The lowest BCUT2D eigenvalue weighted by atomic mass is 9.72. The molecule has 0 fully saturated rings. The first-order valence-corrected chi connectivity index (χ1v) is 17.9. The SMILES string of the molecule is CC(C)(C)CC(C)(C)c1ccc2oc(-c3ccc(-n4nc(C=Cc5ccc(C(C)(C)C)cc5)cc4-c4ccc(C(C)(C)C)cc4)cc3)nc2c1. The van der Waals surface area contributed by atoms with Crippen molar-refractivity contribution in [3.63, 3.8) is 0 Å². The van der Waals surface area contributed by atoms with E-state index in [1.165, 1.54) is 16.7 Å². The summed E-state index contributed by atoms with van der Waals surface area (Å²) in [6.07, 6.45) is 5.31. The summed E-state index contributed by atoms with van der Waals surface area (Å²) in [4.78, 5) is 4.93. The summed E-state index contributed by atoms with van der Waals surface area (Å²) in [5.41, 5.74) is 12.2. The third kappa shape index (κ3) is 7.86. The van der Waals surface area contributed by atoms with Gasteiger partial charge >= 0.3 is 0 Å². The van der Waals surface area contributed by atoms with Crippen LogP contribution in [0.15, 0.2) is 101 Å². The average Bonchev–Trinajstić information content (AvgIpc) is 3.67. The Morgan fingerprint density at radius 3 is 1.74 bits per heavy atom. The maximum atomic E-state index is 6.26. The summed E-state index contributed by atoms with van der Waals surface area (Å²) in [7, 11) is 0. The normalized spacial score (nSPS) is 13.1. The van der Waals surface area contributed by atoms with Gasteiger partial charge in [-0.3, -0.25) is 0 Å². The smallest absolute Gasteiger partial charge is 0.227 e. The van der Waals surface area contributed by atoms with Crippen LogP contribution in [0.25, 0.3) is 51.7 Å².